The summed E-state index contributed by atoms with van der Waals surface area (Å²) in [6.07, 6.45) is 9.17. The zero-order valence-electron chi connectivity index (χ0n) is 11.4. The Labute approximate surface area is 110 Å². The third-order valence-corrected chi connectivity index (χ3v) is 5.28. The summed E-state index contributed by atoms with van der Waals surface area (Å²) in [7, 11) is 0. The van der Waals surface area contributed by atoms with E-state index >= 15 is 0 Å². The molecule has 1 amide bonds. The number of hydrogen-bond donors (Lipinski definition) is 0. The molecule has 0 aromatic rings. The van der Waals surface area contributed by atoms with Gasteiger partial charge in [0.25, 0.3) is 0 Å². The predicted molar refractivity (Wildman–Crippen MR) is 72.9 cm³/mol. The Kier molecular flexibility index (Phi) is 2.84. The lowest BCUT2D eigenvalue weighted by Gasteiger charge is -2.31. The van der Waals surface area contributed by atoms with E-state index in [1.54, 1.807) is 0 Å². The van der Waals surface area contributed by atoms with Gasteiger partial charge < -0.3 is 4.90 Å². The molecule has 0 unspecified atom stereocenters. The molecule has 0 radical (unpaired) electrons. The summed E-state index contributed by atoms with van der Waals surface area (Å²) >= 11 is 0. The Morgan fingerprint density at radius 1 is 1.11 bits per heavy atom. The van der Waals surface area contributed by atoms with E-state index in [1.165, 1.54) is 36.1 Å². The van der Waals surface area contributed by atoms with Gasteiger partial charge in [0.15, 0.2) is 0 Å². The maximum Gasteiger partial charge on any atom is 0.233 e. The smallest absolute Gasteiger partial charge is 0.233 e. The summed E-state index contributed by atoms with van der Waals surface area (Å²) in [5, 5.41) is 0. The topological polar surface area (TPSA) is 20.3 Å². The molecular weight excluding hydrogens is 222 g/mol. The Hall–Kier alpha value is -1.05. The SMILES string of the molecule is C=C1CCC(N2CCC3(CCCCC3)C2=O)=C1C. The normalized spacial score (nSPS) is 27.7. The second-order valence-electron chi connectivity index (χ2n) is 6.22. The first kappa shape index (κ1) is 12.0. The Balaban J connectivity index is 1.85. The largest absolute Gasteiger partial charge is 0.315 e. The lowest BCUT2D eigenvalue weighted by Crippen LogP contribution is -2.35. The molecule has 0 aromatic heterocycles. The highest BCUT2D eigenvalue weighted by Crippen LogP contribution is 2.47. The minimum atomic E-state index is 0.00938. The Morgan fingerprint density at radius 2 is 1.83 bits per heavy atom. The van der Waals surface area contributed by atoms with Gasteiger partial charge in [-0.3, -0.25) is 4.79 Å². The van der Waals surface area contributed by atoms with Gasteiger partial charge in [-0.05, 0) is 44.6 Å². The summed E-state index contributed by atoms with van der Waals surface area (Å²) in [5.41, 5.74) is 3.78. The fraction of sp³-hybridized carbons (Fsp3) is 0.688. The van der Waals surface area contributed by atoms with Crippen LogP contribution in [0.4, 0.5) is 0 Å². The average molecular weight is 245 g/mol. The summed E-state index contributed by atoms with van der Waals surface area (Å²) in [5.74, 6) is 0.422. The lowest BCUT2D eigenvalue weighted by atomic mass is 9.73. The van der Waals surface area contributed by atoms with Gasteiger partial charge in [-0.25, -0.2) is 0 Å². The molecule has 0 aromatic carbocycles. The average Bonchev–Trinajstić information content (AvgIpc) is 2.86. The molecule has 2 heteroatoms. The van der Waals surface area contributed by atoms with Gasteiger partial charge in [-0.15, -0.1) is 0 Å². The van der Waals surface area contributed by atoms with E-state index in [9.17, 15) is 4.79 Å². The summed E-state index contributed by atoms with van der Waals surface area (Å²) in [4.78, 5) is 14.9. The molecule has 0 bridgehead atoms. The minimum absolute atomic E-state index is 0.00938. The fourth-order valence-electron chi connectivity index (χ4n) is 3.96. The van der Waals surface area contributed by atoms with Crippen LogP contribution in [0.2, 0.25) is 0 Å². The zero-order valence-corrected chi connectivity index (χ0v) is 11.4. The fourth-order valence-corrected chi connectivity index (χ4v) is 3.96. The first-order chi connectivity index (χ1) is 8.64. The second-order valence-corrected chi connectivity index (χ2v) is 6.22. The van der Waals surface area contributed by atoms with Crippen molar-refractivity contribution in [3.05, 3.63) is 23.4 Å². The van der Waals surface area contributed by atoms with Crippen LogP contribution in [0.5, 0.6) is 0 Å². The van der Waals surface area contributed by atoms with Gasteiger partial charge in [0.2, 0.25) is 5.91 Å². The number of hydrogen-bond acceptors (Lipinski definition) is 1. The van der Waals surface area contributed by atoms with Crippen molar-refractivity contribution in [2.75, 3.05) is 6.54 Å². The van der Waals surface area contributed by atoms with Crippen LogP contribution in [0.15, 0.2) is 23.4 Å². The van der Waals surface area contributed by atoms with E-state index in [4.69, 9.17) is 0 Å². The van der Waals surface area contributed by atoms with Crippen LogP contribution in [0.1, 0.15) is 58.3 Å². The quantitative estimate of drug-likeness (QED) is 0.688. The molecule has 1 saturated heterocycles. The summed E-state index contributed by atoms with van der Waals surface area (Å²) < 4.78 is 0. The summed E-state index contributed by atoms with van der Waals surface area (Å²) in [6.45, 7) is 7.16. The molecule has 1 aliphatic heterocycles. The van der Waals surface area contributed by atoms with Crippen LogP contribution in [0, 0.1) is 5.41 Å². The molecular formula is C16H23NO. The van der Waals surface area contributed by atoms with Crippen molar-refractivity contribution >= 4 is 5.91 Å². The van der Waals surface area contributed by atoms with Crippen molar-refractivity contribution in [3.63, 3.8) is 0 Å². The van der Waals surface area contributed by atoms with Crippen LogP contribution < -0.4 is 0 Å². The number of carbonyl (C=O) groups is 1. The van der Waals surface area contributed by atoms with Crippen molar-refractivity contribution in [1.29, 1.82) is 0 Å². The molecule has 1 saturated carbocycles. The van der Waals surface area contributed by atoms with E-state index in [1.807, 2.05) is 0 Å². The van der Waals surface area contributed by atoms with Crippen LogP contribution in [0.3, 0.4) is 0 Å². The number of rotatable bonds is 1. The molecule has 3 rings (SSSR count). The standard InChI is InChI=1S/C16H23NO/c1-12-6-7-14(13(12)2)17-11-10-16(15(17)18)8-4-3-5-9-16/h1,3-11H2,2H3. The number of nitrogens with zero attached hydrogens (tertiary/aromatic N) is 1. The monoisotopic (exact) mass is 245 g/mol. The molecule has 2 fully saturated rings. The van der Waals surface area contributed by atoms with Crippen LogP contribution in [0.25, 0.3) is 0 Å². The molecule has 1 heterocycles. The summed E-state index contributed by atoms with van der Waals surface area (Å²) in [6, 6.07) is 0. The van der Waals surface area contributed by atoms with E-state index < -0.39 is 0 Å². The molecule has 0 atom stereocenters. The Morgan fingerprint density at radius 3 is 2.44 bits per heavy atom. The molecule has 18 heavy (non-hydrogen) atoms. The molecule has 0 N–H and O–H groups in total. The second kappa shape index (κ2) is 4.25. The van der Waals surface area contributed by atoms with Crippen molar-refractivity contribution < 1.29 is 4.79 Å². The third-order valence-electron chi connectivity index (χ3n) is 5.28. The molecule has 2 nitrogen and oxygen atoms in total. The van der Waals surface area contributed by atoms with Crippen molar-refractivity contribution in [2.45, 2.75) is 58.3 Å². The Bertz CT molecular complexity index is 426. The van der Waals surface area contributed by atoms with Crippen LogP contribution >= 0.6 is 0 Å². The van der Waals surface area contributed by atoms with E-state index in [-0.39, 0.29) is 5.41 Å². The highest BCUT2D eigenvalue weighted by molar-refractivity contribution is 5.87. The van der Waals surface area contributed by atoms with Gasteiger partial charge in [0.1, 0.15) is 0 Å². The lowest BCUT2D eigenvalue weighted by molar-refractivity contribution is -0.136. The van der Waals surface area contributed by atoms with Gasteiger partial charge in [-0.2, -0.15) is 0 Å². The number of amides is 1. The van der Waals surface area contributed by atoms with Gasteiger partial charge >= 0.3 is 0 Å². The number of allylic oxidation sites excluding steroid dienone is 3. The van der Waals surface area contributed by atoms with Gasteiger partial charge in [0.05, 0.1) is 5.41 Å². The first-order valence-electron chi connectivity index (χ1n) is 7.34. The van der Waals surface area contributed by atoms with Crippen LogP contribution in [-0.2, 0) is 4.79 Å². The van der Waals surface area contributed by atoms with Crippen molar-refractivity contribution in [3.8, 4) is 0 Å². The molecule has 2 aliphatic carbocycles. The zero-order chi connectivity index (χ0) is 12.8. The molecule has 3 aliphatic rings. The van der Waals surface area contributed by atoms with E-state index in [2.05, 4.69) is 18.4 Å². The van der Waals surface area contributed by atoms with Gasteiger partial charge in [-0.1, -0.05) is 31.4 Å². The van der Waals surface area contributed by atoms with Crippen molar-refractivity contribution in [2.24, 2.45) is 5.41 Å². The third kappa shape index (κ3) is 1.65. The van der Waals surface area contributed by atoms with Gasteiger partial charge in [0, 0.05) is 12.2 Å². The maximum atomic E-state index is 12.8. The van der Waals surface area contributed by atoms with Crippen LogP contribution in [-0.4, -0.2) is 17.4 Å². The predicted octanol–water partition coefficient (Wildman–Crippen LogP) is 3.79. The van der Waals surface area contributed by atoms with E-state index in [0.29, 0.717) is 5.91 Å². The minimum Gasteiger partial charge on any atom is -0.315 e. The first-order valence-corrected chi connectivity index (χ1v) is 7.34. The maximum absolute atomic E-state index is 12.8. The molecule has 1 spiro atoms. The number of likely N-dealkylation sites (tertiary alicyclic amines) is 1. The number of carbonyl (C=O) groups excluding carboxylic acids is 1. The highest BCUT2D eigenvalue weighted by atomic mass is 16.2. The van der Waals surface area contributed by atoms with Crippen molar-refractivity contribution in [1.82, 2.24) is 4.90 Å². The molecule has 98 valence electrons. The van der Waals surface area contributed by atoms with E-state index in [0.717, 1.165) is 38.6 Å². The highest BCUT2D eigenvalue weighted by Gasteiger charge is 2.48.